The summed E-state index contributed by atoms with van der Waals surface area (Å²) in [4.78, 5) is 1.05. The van der Waals surface area contributed by atoms with Gasteiger partial charge in [-0.25, -0.2) is 13.1 Å². The molecule has 0 aliphatic heterocycles. The van der Waals surface area contributed by atoms with Crippen LogP contribution in [0, 0.1) is 0 Å². The Balaban J connectivity index is 1.96. The van der Waals surface area contributed by atoms with Gasteiger partial charge in [0.1, 0.15) is 4.21 Å². The number of rotatable bonds is 7. The largest absolute Gasteiger partial charge is 0.310 e. The highest BCUT2D eigenvalue weighted by Crippen LogP contribution is 2.30. The van der Waals surface area contributed by atoms with Crippen LogP contribution in [0.2, 0.25) is 0 Å². The monoisotopic (exact) mass is 348 g/mol. The maximum Gasteiger partial charge on any atom is 0.250 e. The second-order valence-electron chi connectivity index (χ2n) is 5.75. The van der Waals surface area contributed by atoms with Crippen molar-refractivity contribution >= 4 is 33.1 Å². The molecular weight excluding hydrogens is 324 g/mol. The predicted molar refractivity (Wildman–Crippen MR) is 91.6 cm³/mol. The molecule has 1 aromatic heterocycles. The smallest absolute Gasteiger partial charge is 0.250 e. The molecule has 1 aliphatic carbocycles. The van der Waals surface area contributed by atoms with Gasteiger partial charge in [0.25, 0.3) is 0 Å². The van der Waals surface area contributed by atoms with Gasteiger partial charge in [-0.05, 0) is 37.7 Å². The minimum atomic E-state index is -3.36. The standard InChI is InChI=1S/C14H24N2O2S3/c1-10(2)15-9-13-6-7-14(20-13)21(17,18)16-11-4-5-12(8-11)19-3/h6-7,10-12,15-16H,4-5,8-9H2,1-3H3. The Kier molecular flexibility index (Phi) is 6.14. The molecule has 0 amide bonds. The van der Waals surface area contributed by atoms with E-state index in [0.29, 0.717) is 15.5 Å². The molecule has 2 unspecified atom stereocenters. The number of nitrogens with one attached hydrogen (secondary N) is 2. The fraction of sp³-hybridized carbons (Fsp3) is 0.714. The van der Waals surface area contributed by atoms with Gasteiger partial charge in [0, 0.05) is 28.8 Å². The lowest BCUT2D eigenvalue weighted by molar-refractivity contribution is 0.554. The summed E-state index contributed by atoms with van der Waals surface area (Å²) < 4.78 is 28.1. The molecule has 1 heterocycles. The average molecular weight is 349 g/mol. The topological polar surface area (TPSA) is 58.2 Å². The zero-order valence-corrected chi connectivity index (χ0v) is 15.2. The van der Waals surface area contributed by atoms with Gasteiger partial charge >= 0.3 is 0 Å². The molecule has 1 aliphatic rings. The van der Waals surface area contributed by atoms with E-state index >= 15 is 0 Å². The SMILES string of the molecule is CSC1CCC(NS(=O)(=O)c2ccc(CNC(C)C)s2)C1. The molecule has 4 nitrogen and oxygen atoms in total. The molecule has 0 bridgehead atoms. The summed E-state index contributed by atoms with van der Waals surface area (Å²) >= 11 is 3.18. The lowest BCUT2D eigenvalue weighted by atomic mass is 10.3. The first kappa shape index (κ1) is 17.3. The van der Waals surface area contributed by atoms with E-state index in [1.165, 1.54) is 11.3 Å². The zero-order valence-electron chi connectivity index (χ0n) is 12.8. The molecule has 21 heavy (non-hydrogen) atoms. The van der Waals surface area contributed by atoms with E-state index in [1.807, 2.05) is 17.8 Å². The molecule has 0 spiro atoms. The second-order valence-corrected chi connectivity index (χ2v) is 9.99. The van der Waals surface area contributed by atoms with Gasteiger partial charge in [-0.1, -0.05) is 13.8 Å². The number of sulfonamides is 1. The summed E-state index contributed by atoms with van der Waals surface area (Å²) in [6, 6.07) is 4.10. The highest BCUT2D eigenvalue weighted by atomic mass is 32.2. The molecule has 0 radical (unpaired) electrons. The molecular formula is C14H24N2O2S3. The third-order valence-corrected chi connectivity index (χ3v) is 7.82. The first-order valence-electron chi connectivity index (χ1n) is 7.28. The van der Waals surface area contributed by atoms with Crippen LogP contribution < -0.4 is 10.0 Å². The summed E-state index contributed by atoms with van der Waals surface area (Å²) in [5.74, 6) is 0. The molecule has 1 aromatic rings. The quantitative estimate of drug-likeness (QED) is 0.795. The maximum atomic E-state index is 12.4. The van der Waals surface area contributed by atoms with Crippen LogP contribution in [0.3, 0.4) is 0 Å². The Labute approximate surface area is 136 Å². The third kappa shape index (κ3) is 4.96. The van der Waals surface area contributed by atoms with Crippen molar-refractivity contribution in [3.63, 3.8) is 0 Å². The fourth-order valence-corrected chi connectivity index (χ4v) is 5.84. The van der Waals surface area contributed by atoms with E-state index in [1.54, 1.807) is 6.07 Å². The van der Waals surface area contributed by atoms with Gasteiger partial charge in [0.15, 0.2) is 0 Å². The fourth-order valence-electron chi connectivity index (χ4n) is 2.44. The Morgan fingerprint density at radius 3 is 2.76 bits per heavy atom. The summed E-state index contributed by atoms with van der Waals surface area (Å²) in [5, 5.41) is 3.90. The molecule has 1 saturated carbocycles. The van der Waals surface area contributed by atoms with Crippen LogP contribution in [0.4, 0.5) is 0 Å². The van der Waals surface area contributed by atoms with Crippen LogP contribution in [-0.4, -0.2) is 32.0 Å². The van der Waals surface area contributed by atoms with Crippen molar-refractivity contribution in [2.75, 3.05) is 6.26 Å². The van der Waals surface area contributed by atoms with E-state index in [2.05, 4.69) is 30.1 Å². The maximum absolute atomic E-state index is 12.4. The summed E-state index contributed by atoms with van der Waals surface area (Å²) in [6.07, 6.45) is 5.07. The van der Waals surface area contributed by atoms with Crippen molar-refractivity contribution in [2.45, 2.75) is 61.2 Å². The molecule has 0 aromatic carbocycles. The highest BCUT2D eigenvalue weighted by Gasteiger charge is 2.28. The Morgan fingerprint density at radius 1 is 1.38 bits per heavy atom. The van der Waals surface area contributed by atoms with Crippen LogP contribution in [0.5, 0.6) is 0 Å². The summed E-state index contributed by atoms with van der Waals surface area (Å²) in [7, 11) is -3.36. The van der Waals surface area contributed by atoms with Crippen molar-refractivity contribution in [2.24, 2.45) is 0 Å². The Morgan fingerprint density at radius 2 is 2.14 bits per heavy atom. The lowest BCUT2D eigenvalue weighted by Crippen LogP contribution is -2.32. The van der Waals surface area contributed by atoms with Crippen molar-refractivity contribution in [1.82, 2.24) is 10.0 Å². The Hall–Kier alpha value is -0.0800. The molecule has 2 N–H and O–H groups in total. The van der Waals surface area contributed by atoms with E-state index < -0.39 is 10.0 Å². The first-order chi connectivity index (χ1) is 9.90. The van der Waals surface area contributed by atoms with Crippen LogP contribution in [0.25, 0.3) is 0 Å². The van der Waals surface area contributed by atoms with Crippen molar-refractivity contribution in [3.05, 3.63) is 17.0 Å². The first-order valence-corrected chi connectivity index (χ1v) is 10.9. The Bertz CT molecular complexity index is 554. The van der Waals surface area contributed by atoms with Gasteiger partial charge < -0.3 is 5.32 Å². The number of thiophene rings is 1. The van der Waals surface area contributed by atoms with Gasteiger partial charge in [-0.2, -0.15) is 11.8 Å². The minimum absolute atomic E-state index is 0.0896. The van der Waals surface area contributed by atoms with Crippen LogP contribution in [0.15, 0.2) is 16.3 Å². The lowest BCUT2D eigenvalue weighted by Gasteiger charge is -2.12. The van der Waals surface area contributed by atoms with Gasteiger partial charge in [0.2, 0.25) is 10.0 Å². The zero-order chi connectivity index (χ0) is 15.5. The van der Waals surface area contributed by atoms with Crippen molar-refractivity contribution < 1.29 is 8.42 Å². The normalized spacial score (nSPS) is 23.0. The van der Waals surface area contributed by atoms with Crippen LogP contribution in [0.1, 0.15) is 38.0 Å². The number of hydrogen-bond donors (Lipinski definition) is 2. The van der Waals surface area contributed by atoms with Crippen molar-refractivity contribution in [3.8, 4) is 0 Å². The van der Waals surface area contributed by atoms with E-state index in [0.717, 1.165) is 30.7 Å². The predicted octanol–water partition coefficient (Wildman–Crippen LogP) is 2.81. The van der Waals surface area contributed by atoms with Crippen molar-refractivity contribution in [1.29, 1.82) is 0 Å². The number of thioether (sulfide) groups is 1. The third-order valence-electron chi connectivity index (χ3n) is 3.63. The van der Waals surface area contributed by atoms with Crippen LogP contribution >= 0.6 is 23.1 Å². The molecule has 1 fully saturated rings. The van der Waals surface area contributed by atoms with Crippen LogP contribution in [-0.2, 0) is 16.6 Å². The number of hydrogen-bond acceptors (Lipinski definition) is 5. The average Bonchev–Trinajstić information content (AvgIpc) is 3.04. The second kappa shape index (κ2) is 7.46. The molecule has 7 heteroatoms. The molecule has 2 rings (SSSR count). The molecule has 120 valence electrons. The molecule has 0 saturated heterocycles. The molecule has 2 atom stereocenters. The van der Waals surface area contributed by atoms with E-state index in [9.17, 15) is 8.42 Å². The van der Waals surface area contributed by atoms with E-state index in [-0.39, 0.29) is 6.04 Å². The van der Waals surface area contributed by atoms with E-state index in [4.69, 9.17) is 0 Å². The van der Waals surface area contributed by atoms with Gasteiger partial charge in [-0.3, -0.25) is 0 Å². The highest BCUT2D eigenvalue weighted by molar-refractivity contribution is 7.99. The summed E-state index contributed by atoms with van der Waals surface area (Å²) in [6.45, 7) is 4.87. The summed E-state index contributed by atoms with van der Waals surface area (Å²) in [5.41, 5.74) is 0. The van der Waals surface area contributed by atoms with Gasteiger partial charge in [-0.15, -0.1) is 11.3 Å². The minimum Gasteiger partial charge on any atom is -0.310 e. The van der Waals surface area contributed by atoms with Gasteiger partial charge in [0.05, 0.1) is 0 Å².